The molecule has 0 fully saturated rings. The zero-order valence-electron chi connectivity index (χ0n) is 14.5. The summed E-state index contributed by atoms with van der Waals surface area (Å²) in [7, 11) is 0. The molecule has 0 radical (unpaired) electrons. The number of amides is 1. The van der Waals surface area contributed by atoms with Crippen molar-refractivity contribution < 1.29 is 18.0 Å². The lowest BCUT2D eigenvalue weighted by molar-refractivity contribution is -0.137. The predicted octanol–water partition coefficient (Wildman–Crippen LogP) is 5.10. The molecule has 0 saturated carbocycles. The maximum absolute atomic E-state index is 12.7. The molecule has 1 amide bonds. The Morgan fingerprint density at radius 3 is 2.74 bits per heavy atom. The number of halogens is 3. The Bertz CT molecular complexity index is 931. The van der Waals surface area contributed by atoms with Gasteiger partial charge in [0.05, 0.1) is 27.6 Å². The van der Waals surface area contributed by atoms with Gasteiger partial charge in [0.2, 0.25) is 5.91 Å². The number of aromatic nitrogens is 1. The van der Waals surface area contributed by atoms with Gasteiger partial charge in [-0.15, -0.1) is 22.7 Å². The number of nitrogens with one attached hydrogen (secondary N) is 1. The first kappa shape index (κ1) is 19.6. The molecule has 2 aromatic heterocycles. The van der Waals surface area contributed by atoms with Crippen molar-refractivity contribution in [2.75, 3.05) is 6.54 Å². The second kappa shape index (κ2) is 8.22. The number of alkyl halides is 3. The van der Waals surface area contributed by atoms with Crippen LogP contribution < -0.4 is 5.32 Å². The fraction of sp³-hybridized carbons (Fsp3) is 0.263. The first-order valence-electron chi connectivity index (χ1n) is 8.25. The summed E-state index contributed by atoms with van der Waals surface area (Å²) in [5.41, 5.74) is 0.568. The summed E-state index contributed by atoms with van der Waals surface area (Å²) in [6.07, 6.45) is -3.81. The van der Waals surface area contributed by atoms with E-state index in [0.717, 1.165) is 32.6 Å². The molecule has 1 aromatic carbocycles. The summed E-state index contributed by atoms with van der Waals surface area (Å²) >= 11 is 3.23. The number of rotatable bonds is 6. The van der Waals surface area contributed by atoms with Crippen LogP contribution in [-0.2, 0) is 23.8 Å². The highest BCUT2D eigenvalue weighted by Crippen LogP contribution is 2.30. The van der Waals surface area contributed by atoms with E-state index < -0.39 is 11.7 Å². The minimum atomic E-state index is -4.40. The molecule has 2 heterocycles. The first-order valence-corrected chi connectivity index (χ1v) is 9.95. The van der Waals surface area contributed by atoms with E-state index in [0.29, 0.717) is 18.5 Å². The number of thiazole rings is 1. The molecule has 0 atom stereocenters. The monoisotopic (exact) mass is 410 g/mol. The van der Waals surface area contributed by atoms with Crippen molar-refractivity contribution in [3.05, 3.63) is 62.8 Å². The van der Waals surface area contributed by atoms with Crippen molar-refractivity contribution in [3.8, 4) is 10.6 Å². The SMILES string of the molecule is Cc1nc(-c2ccc(CCNC(=O)Cc3cccc(C(F)(F)F)c3)s2)cs1. The normalized spacial score (nSPS) is 11.6. The highest BCUT2D eigenvalue weighted by Gasteiger charge is 2.30. The largest absolute Gasteiger partial charge is 0.416 e. The van der Waals surface area contributed by atoms with Gasteiger partial charge in [0.1, 0.15) is 0 Å². The minimum absolute atomic E-state index is 0.0717. The third-order valence-electron chi connectivity index (χ3n) is 3.85. The molecule has 3 aromatic rings. The minimum Gasteiger partial charge on any atom is -0.355 e. The number of benzene rings is 1. The van der Waals surface area contributed by atoms with Gasteiger partial charge in [-0.2, -0.15) is 13.2 Å². The lowest BCUT2D eigenvalue weighted by Crippen LogP contribution is -2.27. The number of hydrogen-bond acceptors (Lipinski definition) is 4. The predicted molar refractivity (Wildman–Crippen MR) is 102 cm³/mol. The zero-order chi connectivity index (χ0) is 19.4. The second-order valence-electron chi connectivity index (χ2n) is 5.99. The van der Waals surface area contributed by atoms with Crippen molar-refractivity contribution in [3.63, 3.8) is 0 Å². The molecule has 0 aliphatic heterocycles. The molecule has 27 heavy (non-hydrogen) atoms. The number of aryl methyl sites for hydroxylation is 1. The first-order chi connectivity index (χ1) is 12.8. The molecule has 8 heteroatoms. The van der Waals surface area contributed by atoms with Crippen LogP contribution in [0.4, 0.5) is 13.2 Å². The highest BCUT2D eigenvalue weighted by atomic mass is 32.1. The van der Waals surface area contributed by atoms with E-state index in [1.807, 2.05) is 24.4 Å². The molecule has 0 bridgehead atoms. The summed E-state index contributed by atoms with van der Waals surface area (Å²) in [5.74, 6) is -0.291. The Balaban J connectivity index is 1.50. The summed E-state index contributed by atoms with van der Waals surface area (Å²) in [5, 5.41) is 5.80. The third kappa shape index (κ3) is 5.40. The number of carbonyl (C=O) groups is 1. The Morgan fingerprint density at radius 2 is 2.04 bits per heavy atom. The Kier molecular flexibility index (Phi) is 5.96. The van der Waals surface area contributed by atoms with Crippen molar-refractivity contribution in [2.24, 2.45) is 0 Å². The summed E-state index contributed by atoms with van der Waals surface area (Å²) in [6, 6.07) is 8.88. The van der Waals surface area contributed by atoms with Gasteiger partial charge in [-0.3, -0.25) is 4.79 Å². The van der Waals surface area contributed by atoms with Crippen LogP contribution in [0.1, 0.15) is 21.0 Å². The molecule has 0 spiro atoms. The van der Waals surface area contributed by atoms with Crippen LogP contribution in [0.5, 0.6) is 0 Å². The Morgan fingerprint density at radius 1 is 1.22 bits per heavy atom. The van der Waals surface area contributed by atoms with Gasteiger partial charge >= 0.3 is 6.18 Å². The fourth-order valence-corrected chi connectivity index (χ4v) is 4.21. The maximum atomic E-state index is 12.7. The molecule has 0 unspecified atom stereocenters. The molecule has 0 saturated heterocycles. The van der Waals surface area contributed by atoms with Gasteiger partial charge in [-0.1, -0.05) is 18.2 Å². The number of thiophene rings is 1. The average molecular weight is 410 g/mol. The van der Waals surface area contributed by atoms with Crippen molar-refractivity contribution in [1.82, 2.24) is 10.3 Å². The standard InChI is InChI=1S/C19H17F3N2OS2/c1-12-24-16(11-26-12)17-6-5-15(27-17)7-8-23-18(25)10-13-3-2-4-14(9-13)19(20,21)22/h2-6,9,11H,7-8,10H2,1H3,(H,23,25). The molecular formula is C19H17F3N2OS2. The van der Waals surface area contributed by atoms with Crippen molar-refractivity contribution in [2.45, 2.75) is 25.9 Å². The van der Waals surface area contributed by atoms with Crippen molar-refractivity contribution >= 4 is 28.6 Å². The number of carbonyl (C=O) groups excluding carboxylic acids is 1. The molecule has 0 aliphatic carbocycles. The summed E-state index contributed by atoms with van der Waals surface area (Å²) in [6.45, 7) is 2.40. The van der Waals surface area contributed by atoms with E-state index in [1.165, 1.54) is 12.1 Å². The highest BCUT2D eigenvalue weighted by molar-refractivity contribution is 7.16. The van der Waals surface area contributed by atoms with E-state index in [1.54, 1.807) is 22.7 Å². The van der Waals surface area contributed by atoms with Gasteiger partial charge in [-0.25, -0.2) is 4.98 Å². The van der Waals surface area contributed by atoms with Gasteiger partial charge < -0.3 is 5.32 Å². The van der Waals surface area contributed by atoms with Gasteiger partial charge in [0.15, 0.2) is 0 Å². The van der Waals surface area contributed by atoms with Crippen LogP contribution in [0.25, 0.3) is 10.6 Å². The van der Waals surface area contributed by atoms with E-state index >= 15 is 0 Å². The van der Waals surface area contributed by atoms with Crippen LogP contribution in [0, 0.1) is 6.92 Å². The Hall–Kier alpha value is -2.19. The topological polar surface area (TPSA) is 42.0 Å². The number of nitrogens with zero attached hydrogens (tertiary/aromatic N) is 1. The fourth-order valence-electron chi connectivity index (χ4n) is 2.56. The van der Waals surface area contributed by atoms with Gasteiger partial charge in [0, 0.05) is 16.8 Å². The van der Waals surface area contributed by atoms with E-state index in [2.05, 4.69) is 10.3 Å². The smallest absolute Gasteiger partial charge is 0.355 e. The van der Waals surface area contributed by atoms with Gasteiger partial charge in [0.25, 0.3) is 0 Å². The molecule has 142 valence electrons. The second-order valence-corrected chi connectivity index (χ2v) is 8.22. The average Bonchev–Trinajstić information content (AvgIpc) is 3.23. The quantitative estimate of drug-likeness (QED) is 0.614. The summed E-state index contributed by atoms with van der Waals surface area (Å²) in [4.78, 5) is 18.7. The lowest BCUT2D eigenvalue weighted by atomic mass is 10.1. The molecule has 0 aliphatic rings. The van der Waals surface area contributed by atoms with E-state index in [9.17, 15) is 18.0 Å². The Labute approximate surface area is 162 Å². The zero-order valence-corrected chi connectivity index (χ0v) is 16.1. The maximum Gasteiger partial charge on any atom is 0.416 e. The van der Waals surface area contributed by atoms with Crippen LogP contribution >= 0.6 is 22.7 Å². The number of hydrogen-bond donors (Lipinski definition) is 1. The van der Waals surface area contributed by atoms with Crippen molar-refractivity contribution in [1.29, 1.82) is 0 Å². The van der Waals surface area contributed by atoms with Crippen LogP contribution in [0.2, 0.25) is 0 Å². The molecule has 1 N–H and O–H groups in total. The van der Waals surface area contributed by atoms with Crippen LogP contribution in [0.15, 0.2) is 41.8 Å². The van der Waals surface area contributed by atoms with Crippen LogP contribution in [-0.4, -0.2) is 17.4 Å². The third-order valence-corrected chi connectivity index (χ3v) is 5.79. The van der Waals surface area contributed by atoms with Crippen LogP contribution in [0.3, 0.4) is 0 Å². The van der Waals surface area contributed by atoms with Gasteiger partial charge in [-0.05, 0) is 37.1 Å². The summed E-state index contributed by atoms with van der Waals surface area (Å²) < 4.78 is 38.2. The molecule has 3 rings (SSSR count). The molecule has 3 nitrogen and oxygen atoms in total. The van der Waals surface area contributed by atoms with E-state index in [4.69, 9.17) is 0 Å². The lowest BCUT2D eigenvalue weighted by Gasteiger charge is -2.09. The van der Waals surface area contributed by atoms with E-state index in [-0.39, 0.29) is 12.3 Å². The molecular weight excluding hydrogens is 393 g/mol.